The van der Waals surface area contributed by atoms with Gasteiger partial charge in [0.25, 0.3) is 0 Å². The predicted octanol–water partition coefficient (Wildman–Crippen LogP) is 8.42. The lowest BCUT2D eigenvalue weighted by Crippen LogP contribution is -2.22. The molecule has 1 fully saturated rings. The number of amides is 1. The summed E-state index contributed by atoms with van der Waals surface area (Å²) in [4.78, 5) is 38.1. The number of benzene rings is 3. The first-order chi connectivity index (χ1) is 21.7. The zero-order chi connectivity index (χ0) is 35.1. The van der Waals surface area contributed by atoms with E-state index in [0.29, 0.717) is 12.1 Å². The molecule has 47 heavy (non-hydrogen) atoms. The number of hydrogen-bond donors (Lipinski definition) is 1. The van der Waals surface area contributed by atoms with Crippen LogP contribution in [0.2, 0.25) is 5.02 Å². The van der Waals surface area contributed by atoms with Gasteiger partial charge in [0.2, 0.25) is 5.91 Å². The van der Waals surface area contributed by atoms with Crippen molar-refractivity contribution in [3.63, 3.8) is 0 Å². The third-order valence-electron chi connectivity index (χ3n) is 7.04. The third kappa shape index (κ3) is 8.59. The maximum Gasteiger partial charge on any atom is 0.419 e. The Hall–Kier alpha value is -3.33. The Morgan fingerprint density at radius 2 is 1.53 bits per heavy atom. The van der Waals surface area contributed by atoms with Crippen molar-refractivity contribution in [3.8, 4) is 0 Å². The molecule has 0 aromatic heterocycles. The van der Waals surface area contributed by atoms with E-state index >= 15 is 4.39 Å². The molecule has 0 heterocycles. The van der Waals surface area contributed by atoms with Crippen molar-refractivity contribution in [2.75, 3.05) is 18.5 Å². The van der Waals surface area contributed by atoms with Crippen molar-refractivity contribution < 1.29 is 58.6 Å². The van der Waals surface area contributed by atoms with E-state index in [-0.39, 0.29) is 27.4 Å². The zero-order valence-corrected chi connectivity index (χ0v) is 25.5. The molecule has 17 heteroatoms. The van der Waals surface area contributed by atoms with Gasteiger partial charge in [-0.3, -0.25) is 14.4 Å². The van der Waals surface area contributed by atoms with Crippen LogP contribution in [0.4, 0.5) is 45.2 Å². The molecule has 0 radical (unpaired) electrons. The summed E-state index contributed by atoms with van der Waals surface area (Å²) in [5, 5.41) is 2.27. The summed E-state index contributed by atoms with van der Waals surface area (Å²) >= 11 is 18.5. The van der Waals surface area contributed by atoms with Gasteiger partial charge in [0.05, 0.1) is 16.5 Å². The molecule has 3 aromatic rings. The molecule has 1 aliphatic rings. The van der Waals surface area contributed by atoms with Crippen LogP contribution in [0.5, 0.6) is 0 Å². The van der Waals surface area contributed by atoms with Crippen molar-refractivity contribution in [2.24, 2.45) is 5.92 Å². The molecule has 0 bridgehead atoms. The van der Waals surface area contributed by atoms with Gasteiger partial charge in [-0.2, -0.15) is 26.3 Å². The van der Waals surface area contributed by atoms with Gasteiger partial charge in [-0.1, -0.05) is 23.7 Å². The van der Waals surface area contributed by atoms with Gasteiger partial charge in [-0.25, -0.2) is 13.2 Å². The molecule has 0 unspecified atom stereocenters. The van der Waals surface area contributed by atoms with Crippen LogP contribution in [-0.2, 0) is 33.3 Å². The Bertz CT molecular complexity index is 1730. The number of halogens is 12. The van der Waals surface area contributed by atoms with Gasteiger partial charge in [0.15, 0.2) is 11.6 Å². The van der Waals surface area contributed by atoms with Gasteiger partial charge in [-0.15, -0.1) is 23.2 Å². The normalized spacial score (nSPS) is 17.4. The largest absolute Gasteiger partial charge is 0.419 e. The Balaban J connectivity index is 1.47. The number of ether oxygens (including phenoxy) is 1. The molecule has 1 aliphatic carbocycles. The number of carbonyl (C=O) groups is 3. The highest BCUT2D eigenvalue weighted by molar-refractivity contribution is 6.53. The fraction of sp³-hybridized carbons (Fsp3) is 0.300. The summed E-state index contributed by atoms with van der Waals surface area (Å²) in [7, 11) is 0. The standard InChI is InChI=1S/C30H19Cl3F9NO4/c31-20-4-3-15(43-27(46)25-24(29(25,32)33)13-1-6-22(35)19(7-13)30(40,41)42)9-17(20)23(45)8-14-2-5-21(34)18(26(14)36)10-16(44)11-47-12-28(37,38)39/h1-7,9,24-25H,8,10-12H2,(H,43,46)/t24-,25+/m0/s1. The van der Waals surface area contributed by atoms with E-state index in [1.165, 1.54) is 12.1 Å². The van der Waals surface area contributed by atoms with Crippen molar-refractivity contribution in [1.82, 2.24) is 0 Å². The van der Waals surface area contributed by atoms with E-state index in [1.807, 2.05) is 0 Å². The van der Waals surface area contributed by atoms with E-state index < -0.39 is 101 Å². The van der Waals surface area contributed by atoms with Gasteiger partial charge in [0.1, 0.15) is 35.0 Å². The highest BCUT2D eigenvalue weighted by Gasteiger charge is 2.67. The molecule has 1 N–H and O–H groups in total. The fourth-order valence-electron chi connectivity index (χ4n) is 4.80. The van der Waals surface area contributed by atoms with Crippen LogP contribution in [-0.4, -0.2) is 41.2 Å². The molecule has 1 saturated carbocycles. The van der Waals surface area contributed by atoms with E-state index in [2.05, 4.69) is 10.1 Å². The number of anilines is 1. The molecular formula is C30H19Cl3F9NO4. The summed E-state index contributed by atoms with van der Waals surface area (Å²) < 4.78 is 122. The van der Waals surface area contributed by atoms with E-state index in [4.69, 9.17) is 34.8 Å². The van der Waals surface area contributed by atoms with Crippen LogP contribution in [0.1, 0.15) is 38.5 Å². The zero-order valence-electron chi connectivity index (χ0n) is 23.3. The average molecular weight is 735 g/mol. The minimum atomic E-state index is -5.02. The lowest BCUT2D eigenvalue weighted by Gasteiger charge is -2.12. The number of hydrogen-bond acceptors (Lipinski definition) is 4. The molecule has 1 amide bonds. The minimum Gasteiger partial charge on any atom is -0.364 e. The lowest BCUT2D eigenvalue weighted by molar-refractivity contribution is -0.175. The smallest absolute Gasteiger partial charge is 0.364 e. The number of ketones is 2. The molecule has 0 spiro atoms. The van der Waals surface area contributed by atoms with Gasteiger partial charge in [0, 0.05) is 35.6 Å². The molecule has 2 atom stereocenters. The second-order valence-corrected chi connectivity index (χ2v) is 12.3. The first kappa shape index (κ1) is 36.5. The maximum atomic E-state index is 15.1. The van der Waals surface area contributed by atoms with E-state index in [1.54, 1.807) is 0 Å². The van der Waals surface area contributed by atoms with Crippen LogP contribution in [0, 0.1) is 23.4 Å². The van der Waals surface area contributed by atoms with Crippen molar-refractivity contribution in [3.05, 3.63) is 98.8 Å². The number of rotatable bonds is 11. The van der Waals surface area contributed by atoms with Crippen molar-refractivity contribution >= 4 is 58.0 Å². The average Bonchev–Trinajstić information content (AvgIpc) is 3.54. The molecule has 0 aliphatic heterocycles. The number of Topliss-reactive ketones (excluding diaryl/α,β-unsaturated/α-hetero) is 2. The topological polar surface area (TPSA) is 72.5 Å². The number of carbonyl (C=O) groups excluding carboxylic acids is 3. The second-order valence-electron chi connectivity index (χ2n) is 10.5. The van der Waals surface area contributed by atoms with Crippen molar-refractivity contribution in [2.45, 2.75) is 35.4 Å². The number of nitrogens with one attached hydrogen (secondary N) is 1. The predicted molar refractivity (Wildman–Crippen MR) is 152 cm³/mol. The van der Waals surface area contributed by atoms with E-state index in [9.17, 15) is 49.5 Å². The Labute approximate surface area is 274 Å². The first-order valence-electron chi connectivity index (χ1n) is 13.2. The molecular weight excluding hydrogens is 716 g/mol. The second kappa shape index (κ2) is 13.7. The van der Waals surface area contributed by atoms with Crippen molar-refractivity contribution in [1.29, 1.82) is 0 Å². The first-order valence-corrected chi connectivity index (χ1v) is 14.3. The van der Waals surface area contributed by atoms with Gasteiger partial charge < -0.3 is 10.1 Å². The highest BCUT2D eigenvalue weighted by Crippen LogP contribution is 2.65. The molecule has 0 saturated heterocycles. The Kier molecular flexibility index (Phi) is 10.6. The lowest BCUT2D eigenvalue weighted by atomic mass is 9.98. The van der Waals surface area contributed by atoms with E-state index in [0.717, 1.165) is 24.3 Å². The fourth-order valence-corrected chi connectivity index (χ4v) is 5.85. The molecule has 4 rings (SSSR count). The van der Waals surface area contributed by atoms with Gasteiger partial charge in [-0.05, 0) is 47.5 Å². The van der Waals surface area contributed by atoms with Crippen LogP contribution in [0.25, 0.3) is 0 Å². The highest BCUT2D eigenvalue weighted by atomic mass is 35.5. The maximum absolute atomic E-state index is 15.1. The number of alkyl halides is 8. The van der Waals surface area contributed by atoms with Crippen LogP contribution < -0.4 is 5.32 Å². The minimum absolute atomic E-state index is 0.0441. The Morgan fingerprint density at radius 3 is 2.17 bits per heavy atom. The summed E-state index contributed by atoms with van der Waals surface area (Å²) in [5.74, 6) is -9.21. The SMILES string of the molecule is O=C(COCC(F)(F)F)Cc1c(F)ccc(CC(=O)c2cc(NC(=O)[C@H]3[C@H](c4ccc(F)c(C(F)(F)F)c4)C3(Cl)Cl)ccc2Cl)c1F. The summed E-state index contributed by atoms with van der Waals surface area (Å²) in [6.07, 6.45) is -11.4. The van der Waals surface area contributed by atoms with Crippen LogP contribution in [0.3, 0.4) is 0 Å². The third-order valence-corrected chi connectivity index (χ3v) is 8.31. The molecule has 5 nitrogen and oxygen atoms in total. The van der Waals surface area contributed by atoms with Gasteiger partial charge >= 0.3 is 12.4 Å². The monoisotopic (exact) mass is 733 g/mol. The molecule has 252 valence electrons. The van der Waals surface area contributed by atoms with Crippen LogP contribution in [0.15, 0.2) is 48.5 Å². The summed E-state index contributed by atoms with van der Waals surface area (Å²) in [6.45, 7) is -2.81. The summed E-state index contributed by atoms with van der Waals surface area (Å²) in [6, 6.07) is 7.34. The quantitative estimate of drug-likeness (QED) is 0.122. The Morgan fingerprint density at radius 1 is 0.872 bits per heavy atom. The summed E-state index contributed by atoms with van der Waals surface area (Å²) in [5.41, 5.74) is -3.18. The molecule has 3 aromatic carbocycles. The van der Waals surface area contributed by atoms with Crippen LogP contribution >= 0.6 is 34.8 Å².